The van der Waals surface area contributed by atoms with Crippen molar-refractivity contribution >= 4 is 22.1 Å². The summed E-state index contributed by atoms with van der Waals surface area (Å²) in [5.41, 5.74) is -4.44. The van der Waals surface area contributed by atoms with E-state index in [1.165, 1.54) is 0 Å². The molecule has 3 rings (SSSR count). The summed E-state index contributed by atoms with van der Waals surface area (Å²) in [5, 5.41) is 0. The van der Waals surface area contributed by atoms with Gasteiger partial charge in [-0.05, 0) is 16.7 Å². The van der Waals surface area contributed by atoms with E-state index in [0.29, 0.717) is 16.7 Å². The van der Waals surface area contributed by atoms with Gasteiger partial charge in [0.15, 0.2) is 6.10 Å². The zero-order valence-corrected chi connectivity index (χ0v) is 20.6. The molecule has 0 saturated carbocycles. The smallest absolute Gasteiger partial charge is 0.459 e. The first-order chi connectivity index (χ1) is 18.1. The van der Waals surface area contributed by atoms with Gasteiger partial charge in [0, 0.05) is 0 Å². The lowest BCUT2D eigenvalue weighted by Gasteiger charge is -2.25. The summed E-state index contributed by atoms with van der Waals surface area (Å²) in [6.45, 7) is -1.15. The van der Waals surface area contributed by atoms with E-state index in [1.54, 1.807) is 91.0 Å². The Balaban J connectivity index is 1.89. The van der Waals surface area contributed by atoms with E-state index in [-0.39, 0.29) is 13.2 Å². The number of ether oxygens (including phenoxy) is 3. The Bertz CT molecular complexity index is 1280. The molecule has 0 radical (unpaired) electrons. The van der Waals surface area contributed by atoms with Crippen LogP contribution in [0.25, 0.3) is 0 Å². The van der Waals surface area contributed by atoms with Crippen LogP contribution in [0.4, 0.5) is 13.2 Å². The average Bonchev–Trinajstić information content (AvgIpc) is 2.91. The SMILES string of the molecule is O=C(OCc1ccccc1)[C@@H](OCc1ccccc1)[C@@H](OS(=O)(=O)C(F)(F)F)C(=O)OCc1ccccc1. The van der Waals surface area contributed by atoms with Crippen molar-refractivity contribution in [3.05, 3.63) is 108 Å². The van der Waals surface area contributed by atoms with Gasteiger partial charge in [0.25, 0.3) is 0 Å². The maximum atomic E-state index is 13.2. The molecule has 0 fully saturated rings. The second kappa shape index (κ2) is 13.2. The Morgan fingerprint density at radius 2 is 1.00 bits per heavy atom. The monoisotopic (exact) mass is 552 g/mol. The molecule has 0 N–H and O–H groups in total. The van der Waals surface area contributed by atoms with Crippen molar-refractivity contribution in [1.82, 2.24) is 0 Å². The Labute approximate surface area is 217 Å². The standard InChI is InChI=1S/C26H23F3O8S/c27-26(28,29)38(32,33)37-23(25(31)36-18-21-14-8-3-9-15-21)22(34-16-19-10-4-1-5-11-19)24(30)35-17-20-12-6-2-7-13-20/h1-15,22-23H,16-18H2/t22-,23+/m0/s1. The minimum absolute atomic E-state index is 0.331. The van der Waals surface area contributed by atoms with Crippen molar-refractivity contribution < 1.29 is 49.6 Å². The van der Waals surface area contributed by atoms with Crippen molar-refractivity contribution in [3.8, 4) is 0 Å². The first-order valence-electron chi connectivity index (χ1n) is 11.1. The van der Waals surface area contributed by atoms with Crippen LogP contribution in [0.15, 0.2) is 91.0 Å². The molecule has 0 heterocycles. The third-order valence-corrected chi connectivity index (χ3v) is 6.00. The summed E-state index contributed by atoms with van der Waals surface area (Å²) in [4.78, 5) is 25.9. The second-order valence-corrected chi connectivity index (χ2v) is 9.38. The molecule has 2 atom stereocenters. The van der Waals surface area contributed by atoms with Crippen LogP contribution in [0, 0.1) is 0 Å². The average molecular weight is 553 g/mol. The lowest BCUT2D eigenvalue weighted by molar-refractivity contribution is -0.179. The molecule has 8 nitrogen and oxygen atoms in total. The van der Waals surface area contributed by atoms with Crippen molar-refractivity contribution in [2.75, 3.05) is 0 Å². The van der Waals surface area contributed by atoms with Gasteiger partial charge in [0.2, 0.25) is 6.10 Å². The number of hydrogen-bond acceptors (Lipinski definition) is 8. The fourth-order valence-electron chi connectivity index (χ4n) is 3.07. The maximum absolute atomic E-state index is 13.2. The highest BCUT2D eigenvalue weighted by atomic mass is 32.2. The number of carbonyl (C=O) groups is 2. The molecule has 12 heteroatoms. The minimum Gasteiger partial charge on any atom is -0.459 e. The van der Waals surface area contributed by atoms with E-state index in [4.69, 9.17) is 14.2 Å². The lowest BCUT2D eigenvalue weighted by Crippen LogP contribution is -2.48. The molecule has 0 bridgehead atoms. The molecule has 0 spiro atoms. The molecule has 0 aliphatic rings. The van der Waals surface area contributed by atoms with Crippen LogP contribution in [0.1, 0.15) is 16.7 Å². The van der Waals surface area contributed by atoms with Crippen molar-refractivity contribution in [2.24, 2.45) is 0 Å². The van der Waals surface area contributed by atoms with E-state index in [0.717, 1.165) is 0 Å². The van der Waals surface area contributed by atoms with E-state index in [9.17, 15) is 31.2 Å². The van der Waals surface area contributed by atoms with Crippen LogP contribution in [0.3, 0.4) is 0 Å². The quantitative estimate of drug-likeness (QED) is 0.186. The molecule has 0 aliphatic carbocycles. The predicted molar refractivity (Wildman–Crippen MR) is 127 cm³/mol. The molecule has 0 unspecified atom stereocenters. The maximum Gasteiger partial charge on any atom is 0.523 e. The fraction of sp³-hybridized carbons (Fsp3) is 0.231. The highest BCUT2D eigenvalue weighted by Gasteiger charge is 2.52. The van der Waals surface area contributed by atoms with E-state index in [1.807, 2.05) is 0 Å². The molecular formula is C26H23F3O8S. The Hall–Kier alpha value is -3.74. The number of carbonyl (C=O) groups excluding carboxylic acids is 2. The number of alkyl halides is 3. The molecular weight excluding hydrogens is 529 g/mol. The van der Waals surface area contributed by atoms with Gasteiger partial charge in [-0.2, -0.15) is 21.6 Å². The van der Waals surface area contributed by atoms with Gasteiger partial charge in [-0.1, -0.05) is 91.0 Å². The summed E-state index contributed by atoms with van der Waals surface area (Å²) in [7, 11) is -6.34. The van der Waals surface area contributed by atoms with E-state index < -0.39 is 46.4 Å². The predicted octanol–water partition coefficient (Wildman–Crippen LogP) is 4.29. The van der Waals surface area contributed by atoms with Crippen molar-refractivity contribution in [3.63, 3.8) is 0 Å². The number of halogens is 3. The van der Waals surface area contributed by atoms with Crippen molar-refractivity contribution in [2.45, 2.75) is 37.5 Å². The molecule has 0 saturated heterocycles. The normalized spacial score (nSPS) is 13.3. The summed E-state index contributed by atoms with van der Waals surface area (Å²) >= 11 is 0. The fourth-order valence-corrected chi connectivity index (χ4v) is 3.63. The largest absolute Gasteiger partial charge is 0.523 e. The van der Waals surface area contributed by atoms with Crippen LogP contribution < -0.4 is 0 Å². The summed E-state index contributed by atoms with van der Waals surface area (Å²) in [5.74, 6) is -2.90. The molecule has 202 valence electrons. The topological polar surface area (TPSA) is 105 Å². The van der Waals surface area contributed by atoms with Crippen LogP contribution in [0.5, 0.6) is 0 Å². The van der Waals surface area contributed by atoms with Gasteiger partial charge in [0.1, 0.15) is 13.2 Å². The molecule has 3 aromatic carbocycles. The first-order valence-corrected chi connectivity index (χ1v) is 12.5. The zero-order valence-electron chi connectivity index (χ0n) is 19.7. The van der Waals surface area contributed by atoms with E-state index >= 15 is 0 Å². The Morgan fingerprint density at radius 1 is 0.632 bits per heavy atom. The van der Waals surface area contributed by atoms with Gasteiger partial charge in [-0.15, -0.1) is 0 Å². The third-order valence-electron chi connectivity index (χ3n) is 4.97. The number of hydrogen-bond donors (Lipinski definition) is 0. The summed E-state index contributed by atoms with van der Waals surface area (Å²) in [6, 6.07) is 24.5. The van der Waals surface area contributed by atoms with Crippen LogP contribution in [-0.2, 0) is 57.9 Å². The zero-order chi connectivity index (χ0) is 27.6. The molecule has 0 aliphatic heterocycles. The van der Waals surface area contributed by atoms with Gasteiger partial charge in [-0.3, -0.25) is 0 Å². The third kappa shape index (κ3) is 8.40. The molecule has 0 amide bonds. The number of rotatable bonds is 12. The van der Waals surface area contributed by atoms with Gasteiger partial charge < -0.3 is 14.2 Å². The highest BCUT2D eigenvalue weighted by Crippen LogP contribution is 2.28. The molecule has 38 heavy (non-hydrogen) atoms. The Morgan fingerprint density at radius 3 is 1.39 bits per heavy atom. The first kappa shape index (κ1) is 28.8. The molecule has 3 aromatic rings. The lowest BCUT2D eigenvalue weighted by atomic mass is 10.2. The van der Waals surface area contributed by atoms with Crippen molar-refractivity contribution in [1.29, 1.82) is 0 Å². The van der Waals surface area contributed by atoms with Crippen LogP contribution >= 0.6 is 0 Å². The molecule has 0 aromatic heterocycles. The van der Waals surface area contributed by atoms with Gasteiger partial charge >= 0.3 is 27.6 Å². The second-order valence-electron chi connectivity index (χ2n) is 7.82. The number of benzene rings is 3. The van der Waals surface area contributed by atoms with Gasteiger partial charge in [-0.25, -0.2) is 13.8 Å². The minimum atomic E-state index is -6.34. The van der Waals surface area contributed by atoms with Crippen LogP contribution in [-0.4, -0.2) is 38.1 Å². The summed E-state index contributed by atoms with van der Waals surface area (Å²) < 4.78 is 83.0. The number of esters is 2. The van der Waals surface area contributed by atoms with E-state index in [2.05, 4.69) is 4.18 Å². The van der Waals surface area contributed by atoms with Gasteiger partial charge in [0.05, 0.1) is 6.61 Å². The highest BCUT2D eigenvalue weighted by molar-refractivity contribution is 7.87. The summed E-state index contributed by atoms with van der Waals surface area (Å²) in [6.07, 6.45) is -4.88. The van der Waals surface area contributed by atoms with Crippen LogP contribution in [0.2, 0.25) is 0 Å². The Kier molecular flexibility index (Phi) is 9.99.